The van der Waals surface area contributed by atoms with E-state index in [4.69, 9.17) is 21.3 Å². The first-order valence-corrected chi connectivity index (χ1v) is 11.2. The molecule has 3 aromatic heterocycles. The minimum atomic E-state index is -0.228. The van der Waals surface area contributed by atoms with E-state index in [1.165, 1.54) is 0 Å². The smallest absolute Gasteiger partial charge is 0.148 e. The van der Waals surface area contributed by atoms with Gasteiger partial charge in [0.1, 0.15) is 27.9 Å². The highest BCUT2D eigenvalue weighted by Crippen LogP contribution is 2.36. The molecule has 0 amide bonds. The lowest BCUT2D eigenvalue weighted by molar-refractivity contribution is 0.0129. The molecule has 2 atom stereocenters. The number of aliphatic hydroxyl groups is 1. The number of aliphatic hydroxyl groups excluding tert-OH is 1. The fourth-order valence-electron chi connectivity index (χ4n) is 4.15. The molecular weight excluding hydrogens is 440 g/mol. The van der Waals surface area contributed by atoms with E-state index in [0.29, 0.717) is 39.8 Å². The quantitative estimate of drug-likeness (QED) is 0.387. The molecule has 0 bridgehead atoms. The molecule has 1 aliphatic carbocycles. The maximum atomic E-state index is 9.83. The summed E-state index contributed by atoms with van der Waals surface area (Å²) in [4.78, 5) is 16.9. The number of aromatic amines is 1. The number of aromatic nitrogens is 6. The molecule has 1 fully saturated rings. The molecule has 5 aromatic rings. The predicted octanol–water partition coefficient (Wildman–Crippen LogP) is 4.89. The minimum Gasteiger partial charge on any atom is -0.456 e. The Morgan fingerprint density at radius 1 is 1.15 bits per heavy atom. The van der Waals surface area contributed by atoms with E-state index in [1.54, 1.807) is 18.5 Å². The molecule has 9 heteroatoms. The van der Waals surface area contributed by atoms with Gasteiger partial charge in [-0.3, -0.25) is 9.67 Å². The number of benzene rings is 2. The zero-order valence-electron chi connectivity index (χ0n) is 17.9. The number of fused-ring (bicyclic) bond motifs is 2. The standard InChI is InChI=1S/C24H21ClN6O2/c1-13-28-17-4-3-16(8-19(17)29-13)33-22-7-5-18-24(23(22)25)30-20(10-26-18)15-9-27-31(12-15)11-14-2-6-21(14)32/h3-5,7-10,12,14,21,32H,2,6,11H2,1H3,(H,28,29). The molecule has 0 aliphatic heterocycles. The van der Waals surface area contributed by atoms with Gasteiger partial charge in [-0.2, -0.15) is 5.10 Å². The van der Waals surface area contributed by atoms with Crippen molar-refractivity contribution in [3.05, 3.63) is 59.8 Å². The summed E-state index contributed by atoms with van der Waals surface area (Å²) in [7, 11) is 0. The van der Waals surface area contributed by atoms with Crippen LogP contribution >= 0.6 is 11.6 Å². The molecular formula is C24H21ClN6O2. The maximum Gasteiger partial charge on any atom is 0.148 e. The fourth-order valence-corrected chi connectivity index (χ4v) is 4.39. The van der Waals surface area contributed by atoms with Crippen molar-refractivity contribution in [3.63, 3.8) is 0 Å². The maximum absolute atomic E-state index is 9.83. The van der Waals surface area contributed by atoms with E-state index >= 15 is 0 Å². The van der Waals surface area contributed by atoms with Crippen molar-refractivity contribution < 1.29 is 9.84 Å². The third-order valence-electron chi connectivity index (χ3n) is 6.15. The number of halogens is 1. The highest BCUT2D eigenvalue weighted by Gasteiger charge is 2.29. The normalized spacial score (nSPS) is 18.0. The van der Waals surface area contributed by atoms with E-state index in [1.807, 2.05) is 42.1 Å². The lowest BCUT2D eigenvalue weighted by Crippen LogP contribution is -2.34. The summed E-state index contributed by atoms with van der Waals surface area (Å²) in [5.41, 5.74) is 4.55. The Bertz CT molecular complexity index is 1490. The Morgan fingerprint density at radius 2 is 2.03 bits per heavy atom. The van der Waals surface area contributed by atoms with E-state index < -0.39 is 0 Å². The van der Waals surface area contributed by atoms with Crippen molar-refractivity contribution in [1.29, 1.82) is 0 Å². The molecule has 8 nitrogen and oxygen atoms in total. The van der Waals surface area contributed by atoms with E-state index in [-0.39, 0.29) is 12.0 Å². The Balaban J connectivity index is 1.30. The van der Waals surface area contributed by atoms with Crippen molar-refractivity contribution in [2.45, 2.75) is 32.4 Å². The number of ether oxygens (including phenoxy) is 1. The van der Waals surface area contributed by atoms with Crippen LogP contribution in [0.3, 0.4) is 0 Å². The third-order valence-corrected chi connectivity index (χ3v) is 6.51. The van der Waals surface area contributed by atoms with Gasteiger partial charge in [0, 0.05) is 30.3 Å². The average molecular weight is 461 g/mol. The molecule has 2 N–H and O–H groups in total. The summed E-state index contributed by atoms with van der Waals surface area (Å²) >= 11 is 6.69. The molecule has 1 saturated carbocycles. The van der Waals surface area contributed by atoms with Crippen LogP contribution in [-0.4, -0.2) is 40.9 Å². The molecule has 6 rings (SSSR count). The van der Waals surface area contributed by atoms with Crippen molar-refractivity contribution in [2.75, 3.05) is 0 Å². The van der Waals surface area contributed by atoms with Gasteiger partial charge < -0.3 is 14.8 Å². The SMILES string of the molecule is Cc1nc2ccc(Oc3ccc4ncc(-c5cnn(CC6CCC6O)c5)nc4c3Cl)cc2[nH]1. The summed E-state index contributed by atoms with van der Waals surface area (Å²) in [6, 6.07) is 9.29. The highest BCUT2D eigenvalue weighted by atomic mass is 35.5. The first-order chi connectivity index (χ1) is 16.0. The second kappa shape index (κ2) is 7.83. The summed E-state index contributed by atoms with van der Waals surface area (Å²) in [6.07, 6.45) is 7.07. The number of hydrogen-bond donors (Lipinski definition) is 2. The number of hydrogen-bond acceptors (Lipinski definition) is 6. The molecule has 0 radical (unpaired) electrons. The first-order valence-electron chi connectivity index (χ1n) is 10.8. The van der Waals surface area contributed by atoms with Crippen LogP contribution in [0.5, 0.6) is 11.5 Å². The van der Waals surface area contributed by atoms with Crippen molar-refractivity contribution >= 4 is 33.7 Å². The van der Waals surface area contributed by atoms with Crippen LogP contribution in [0, 0.1) is 12.8 Å². The molecule has 166 valence electrons. The number of H-pyrrole nitrogens is 1. The minimum absolute atomic E-state index is 0.228. The first kappa shape index (κ1) is 20.1. The molecule has 0 spiro atoms. The monoisotopic (exact) mass is 460 g/mol. The molecule has 2 aromatic carbocycles. The van der Waals surface area contributed by atoms with Crippen LogP contribution < -0.4 is 4.74 Å². The number of aryl methyl sites for hydroxylation is 1. The lowest BCUT2D eigenvalue weighted by Gasteiger charge is -2.32. The zero-order valence-corrected chi connectivity index (χ0v) is 18.6. The Hall–Kier alpha value is -3.49. The van der Waals surface area contributed by atoms with E-state index in [0.717, 1.165) is 35.3 Å². The Labute approximate surface area is 194 Å². The van der Waals surface area contributed by atoms with Gasteiger partial charge in [0.15, 0.2) is 0 Å². The van der Waals surface area contributed by atoms with Crippen molar-refractivity contribution in [2.24, 2.45) is 5.92 Å². The van der Waals surface area contributed by atoms with Crippen molar-refractivity contribution in [3.8, 4) is 22.8 Å². The summed E-state index contributed by atoms with van der Waals surface area (Å²) < 4.78 is 7.92. The van der Waals surface area contributed by atoms with Crippen LogP contribution in [0.15, 0.2) is 48.9 Å². The van der Waals surface area contributed by atoms with Gasteiger partial charge in [0.2, 0.25) is 0 Å². The van der Waals surface area contributed by atoms with Crippen molar-refractivity contribution in [1.82, 2.24) is 29.7 Å². The second-order valence-corrected chi connectivity index (χ2v) is 8.84. The zero-order chi connectivity index (χ0) is 22.5. The summed E-state index contributed by atoms with van der Waals surface area (Å²) in [5.74, 6) is 2.26. The molecule has 3 heterocycles. The largest absolute Gasteiger partial charge is 0.456 e. The van der Waals surface area contributed by atoms with Gasteiger partial charge in [-0.25, -0.2) is 9.97 Å². The number of imidazole rings is 1. The van der Waals surface area contributed by atoms with Crippen LogP contribution in [0.25, 0.3) is 33.3 Å². The lowest BCUT2D eigenvalue weighted by atomic mass is 9.82. The number of rotatable bonds is 5. The Morgan fingerprint density at radius 3 is 2.85 bits per heavy atom. The van der Waals surface area contributed by atoms with Gasteiger partial charge in [0.05, 0.1) is 40.7 Å². The van der Waals surface area contributed by atoms with Gasteiger partial charge in [0.25, 0.3) is 0 Å². The van der Waals surface area contributed by atoms with Crippen LogP contribution in [0.4, 0.5) is 0 Å². The highest BCUT2D eigenvalue weighted by molar-refractivity contribution is 6.36. The topological polar surface area (TPSA) is 102 Å². The summed E-state index contributed by atoms with van der Waals surface area (Å²) in [5, 5.41) is 14.7. The predicted molar refractivity (Wildman–Crippen MR) is 125 cm³/mol. The second-order valence-electron chi connectivity index (χ2n) is 8.46. The third kappa shape index (κ3) is 3.71. The molecule has 33 heavy (non-hydrogen) atoms. The number of nitrogens with zero attached hydrogens (tertiary/aromatic N) is 5. The molecule has 2 unspecified atom stereocenters. The fraction of sp³-hybridized carbons (Fsp3) is 0.250. The Kier molecular flexibility index (Phi) is 4.78. The number of nitrogens with one attached hydrogen (secondary N) is 1. The molecule has 0 saturated heterocycles. The van der Waals surface area contributed by atoms with Gasteiger partial charge in [-0.15, -0.1) is 0 Å². The average Bonchev–Trinajstić information content (AvgIpc) is 3.43. The van der Waals surface area contributed by atoms with Crippen LogP contribution in [-0.2, 0) is 6.54 Å². The van der Waals surface area contributed by atoms with Gasteiger partial charge >= 0.3 is 0 Å². The van der Waals surface area contributed by atoms with Crippen LogP contribution in [0.1, 0.15) is 18.7 Å². The van der Waals surface area contributed by atoms with Crippen LogP contribution in [0.2, 0.25) is 5.02 Å². The van der Waals surface area contributed by atoms with Gasteiger partial charge in [-0.05, 0) is 44.0 Å². The van der Waals surface area contributed by atoms with Gasteiger partial charge in [-0.1, -0.05) is 11.6 Å². The van der Waals surface area contributed by atoms with E-state index in [2.05, 4.69) is 20.1 Å². The van der Waals surface area contributed by atoms with E-state index in [9.17, 15) is 5.11 Å². The molecule has 1 aliphatic rings. The summed E-state index contributed by atoms with van der Waals surface area (Å²) in [6.45, 7) is 2.61.